The number of rotatable bonds is 3. The second-order valence-corrected chi connectivity index (χ2v) is 8.86. The lowest BCUT2D eigenvalue weighted by atomic mass is 9.98. The Labute approximate surface area is 252 Å². The summed E-state index contributed by atoms with van der Waals surface area (Å²) < 4.78 is 175. The summed E-state index contributed by atoms with van der Waals surface area (Å²) in [6, 6.07) is 4.62. The summed E-state index contributed by atoms with van der Waals surface area (Å²) in [5, 5.41) is 47.1. The van der Waals surface area contributed by atoms with Gasteiger partial charge < -0.3 is 0 Å². The molecule has 1 fully saturated rings. The van der Waals surface area contributed by atoms with Crippen LogP contribution in [-0.2, 0) is 6.18 Å². The number of hydrogen-bond donors (Lipinski definition) is 0. The van der Waals surface area contributed by atoms with Gasteiger partial charge in [-0.2, -0.15) is 39.5 Å². The van der Waals surface area contributed by atoms with Gasteiger partial charge >= 0.3 is 6.18 Å². The lowest BCUT2D eigenvalue weighted by Gasteiger charge is -2.12. The van der Waals surface area contributed by atoms with Gasteiger partial charge in [-0.1, -0.05) is 0 Å². The molecule has 0 radical (unpaired) electrons. The Morgan fingerprint density at radius 1 is 0.489 bits per heavy atom. The quantitative estimate of drug-likeness (QED) is 0.164. The first kappa shape index (κ1) is 33.3. The van der Waals surface area contributed by atoms with Gasteiger partial charge in [0.05, 0.1) is 39.6 Å². The Bertz CT molecular complexity index is 2110. The van der Waals surface area contributed by atoms with E-state index in [9.17, 15) is 50.9 Å². The Morgan fingerprint density at radius 2 is 0.809 bits per heavy atom. The molecule has 1 aromatic heterocycles. The molecule has 18 heteroatoms. The minimum atomic E-state index is -5.53. The molecule has 1 saturated carbocycles. The van der Waals surface area contributed by atoms with Crippen molar-refractivity contribution in [2.24, 2.45) is 0 Å². The lowest BCUT2D eigenvalue weighted by molar-refractivity contribution is -0.138. The lowest BCUT2D eigenvalue weighted by Crippen LogP contribution is -2.11. The van der Waals surface area contributed by atoms with Crippen LogP contribution >= 0.6 is 0 Å². The van der Waals surface area contributed by atoms with Crippen LogP contribution in [0.4, 0.5) is 52.7 Å². The van der Waals surface area contributed by atoms with Crippen LogP contribution in [0.5, 0.6) is 0 Å². The molecular formula is C29H2F12N6. The third-order valence-electron chi connectivity index (χ3n) is 6.48. The van der Waals surface area contributed by atoms with Crippen molar-refractivity contribution in [3.8, 4) is 30.3 Å². The molecule has 1 heterocycles. The molecule has 0 aliphatic heterocycles. The standard InChI is InChI=1S/C29H2F12N6/c30-14-7-47-6-13(29(39,40)41)15(14)8(1-42)16-17(9(2-43)19-25(35)21(31)11(4-45)22(32)26(19)36)18(16)10(3-44)20-27(37)23(33)12(5-46)24(34)28(20)38/h6-7H/b16-8?,17-9-,18-10+. The van der Waals surface area contributed by atoms with Gasteiger partial charge in [-0.15, -0.1) is 0 Å². The van der Waals surface area contributed by atoms with Gasteiger partial charge in [0.1, 0.15) is 41.5 Å². The smallest absolute Gasteiger partial charge is 0.261 e. The normalized spacial score (nSPS) is 15.5. The number of nitrogens with zero attached hydrogens (tertiary/aromatic N) is 6. The van der Waals surface area contributed by atoms with Gasteiger partial charge in [0.15, 0.2) is 52.4 Å². The molecule has 0 spiro atoms. The van der Waals surface area contributed by atoms with Crippen LogP contribution in [0, 0.1) is 109 Å². The van der Waals surface area contributed by atoms with Crippen molar-refractivity contribution in [3.05, 3.63) is 115 Å². The molecule has 47 heavy (non-hydrogen) atoms. The molecule has 0 saturated heterocycles. The highest BCUT2D eigenvalue weighted by Gasteiger charge is 2.47. The largest absolute Gasteiger partial charge is 0.418 e. The monoisotopic (exact) mass is 662 g/mol. The molecule has 3 aromatic rings. The summed E-state index contributed by atoms with van der Waals surface area (Å²) in [5.74, 6) is -21.6. The van der Waals surface area contributed by atoms with Crippen LogP contribution in [0.15, 0.2) is 29.1 Å². The van der Waals surface area contributed by atoms with Crippen LogP contribution in [0.25, 0.3) is 16.7 Å². The Kier molecular flexibility index (Phi) is 8.32. The fourth-order valence-electron chi connectivity index (χ4n) is 4.45. The number of allylic oxidation sites excluding steroid dienone is 6. The Hall–Kier alpha value is -6.58. The average molecular weight is 662 g/mol. The van der Waals surface area contributed by atoms with E-state index in [1.807, 2.05) is 0 Å². The molecule has 6 nitrogen and oxygen atoms in total. The summed E-state index contributed by atoms with van der Waals surface area (Å²) >= 11 is 0. The van der Waals surface area contributed by atoms with E-state index >= 15 is 17.6 Å². The van der Waals surface area contributed by atoms with E-state index in [1.165, 1.54) is 0 Å². The zero-order chi connectivity index (χ0) is 35.3. The van der Waals surface area contributed by atoms with E-state index in [0.29, 0.717) is 0 Å². The molecule has 0 unspecified atom stereocenters. The topological polar surface area (TPSA) is 132 Å². The van der Waals surface area contributed by atoms with Gasteiger partial charge in [0.2, 0.25) is 0 Å². The molecule has 4 rings (SSSR count). The van der Waals surface area contributed by atoms with Crippen LogP contribution in [-0.4, -0.2) is 4.98 Å². The van der Waals surface area contributed by atoms with Gasteiger partial charge in [-0.05, 0) is 0 Å². The molecule has 1 aliphatic carbocycles. The maximum absolute atomic E-state index is 15.0. The Balaban J connectivity index is 2.36. The Morgan fingerprint density at radius 3 is 1.09 bits per heavy atom. The number of aromatic nitrogens is 1. The van der Waals surface area contributed by atoms with E-state index in [0.717, 1.165) is 30.3 Å². The van der Waals surface area contributed by atoms with Crippen molar-refractivity contribution in [1.29, 1.82) is 26.3 Å². The third-order valence-corrected chi connectivity index (χ3v) is 6.48. The van der Waals surface area contributed by atoms with Crippen molar-refractivity contribution in [1.82, 2.24) is 4.98 Å². The molecule has 0 bridgehead atoms. The number of halogens is 12. The molecule has 0 N–H and O–H groups in total. The van der Waals surface area contributed by atoms with Crippen LogP contribution in [0.2, 0.25) is 0 Å². The summed E-state index contributed by atoms with van der Waals surface area (Å²) in [6.07, 6.45) is -5.41. The van der Waals surface area contributed by atoms with E-state index in [4.69, 9.17) is 10.5 Å². The first-order chi connectivity index (χ1) is 22.0. The minimum absolute atomic E-state index is 0.0166. The molecule has 232 valence electrons. The highest BCUT2D eigenvalue weighted by atomic mass is 19.4. The molecular weight excluding hydrogens is 660 g/mol. The van der Waals surface area contributed by atoms with Crippen molar-refractivity contribution < 1.29 is 52.7 Å². The van der Waals surface area contributed by atoms with E-state index in [-0.39, 0.29) is 12.4 Å². The fourth-order valence-corrected chi connectivity index (χ4v) is 4.45. The molecule has 2 aromatic carbocycles. The zero-order valence-electron chi connectivity index (χ0n) is 21.9. The highest BCUT2D eigenvalue weighted by Crippen LogP contribution is 2.57. The predicted molar refractivity (Wildman–Crippen MR) is 129 cm³/mol. The summed E-state index contributed by atoms with van der Waals surface area (Å²) in [4.78, 5) is 2.99. The van der Waals surface area contributed by atoms with Gasteiger partial charge in [-0.25, -0.2) is 39.5 Å². The third kappa shape index (κ3) is 4.97. The summed E-state index contributed by atoms with van der Waals surface area (Å²) in [7, 11) is 0. The van der Waals surface area contributed by atoms with E-state index in [2.05, 4.69) is 4.98 Å². The van der Waals surface area contributed by atoms with Crippen LogP contribution < -0.4 is 0 Å². The first-order valence-electron chi connectivity index (χ1n) is 11.7. The number of benzene rings is 2. The molecule has 0 amide bonds. The number of pyridine rings is 1. The van der Waals surface area contributed by atoms with Crippen molar-refractivity contribution >= 4 is 16.7 Å². The zero-order valence-corrected chi connectivity index (χ0v) is 21.9. The minimum Gasteiger partial charge on any atom is -0.261 e. The predicted octanol–water partition coefficient (Wildman–Crippen LogP) is 7.34. The van der Waals surface area contributed by atoms with Gasteiger partial charge in [0, 0.05) is 28.5 Å². The maximum atomic E-state index is 15.0. The van der Waals surface area contributed by atoms with Crippen LogP contribution in [0.3, 0.4) is 0 Å². The molecule has 1 aliphatic rings. The average Bonchev–Trinajstić information content (AvgIpc) is 3.74. The molecule has 0 atom stereocenters. The number of nitriles is 5. The van der Waals surface area contributed by atoms with E-state index in [1.54, 1.807) is 0 Å². The van der Waals surface area contributed by atoms with Crippen LogP contribution in [0.1, 0.15) is 33.4 Å². The highest BCUT2D eigenvalue weighted by molar-refractivity contribution is 6.12. The van der Waals surface area contributed by atoms with Gasteiger partial charge in [-0.3, -0.25) is 4.98 Å². The SMILES string of the molecule is N#CC(=C1C(=C(/C#N)c2c(F)c(F)c(C#N)c(F)c2F)/C1=C(/C#N)c1c(F)c(F)c(C#N)c(F)c1F)c1c(F)cncc1C(F)(F)F. The number of hydrogen-bond acceptors (Lipinski definition) is 6. The second-order valence-electron chi connectivity index (χ2n) is 8.86. The maximum Gasteiger partial charge on any atom is 0.418 e. The van der Waals surface area contributed by atoms with Crippen molar-refractivity contribution in [3.63, 3.8) is 0 Å². The van der Waals surface area contributed by atoms with Crippen molar-refractivity contribution in [2.45, 2.75) is 6.18 Å². The second kappa shape index (κ2) is 11.7. The van der Waals surface area contributed by atoms with Crippen molar-refractivity contribution in [2.75, 3.05) is 0 Å². The number of alkyl halides is 3. The summed E-state index contributed by atoms with van der Waals surface area (Å²) in [5.41, 5.74) is -20.5. The van der Waals surface area contributed by atoms with E-state index < -0.39 is 125 Å². The fraction of sp³-hybridized carbons (Fsp3) is 0.0345. The summed E-state index contributed by atoms with van der Waals surface area (Å²) in [6.45, 7) is 0. The van der Waals surface area contributed by atoms with Gasteiger partial charge in [0.25, 0.3) is 0 Å². The first-order valence-corrected chi connectivity index (χ1v) is 11.7.